The van der Waals surface area contributed by atoms with Crippen molar-refractivity contribution in [3.05, 3.63) is 29.3 Å². The van der Waals surface area contributed by atoms with Crippen LogP contribution in [0.3, 0.4) is 0 Å². The Labute approximate surface area is 201 Å². The second kappa shape index (κ2) is 8.93. The number of imide groups is 2. The van der Waals surface area contributed by atoms with Gasteiger partial charge in [-0.05, 0) is 25.0 Å². The molecule has 1 aromatic carbocycles. The molecule has 0 bridgehead atoms. The lowest BCUT2D eigenvalue weighted by Crippen LogP contribution is -2.77. The lowest BCUT2D eigenvalue weighted by Gasteiger charge is -2.61. The van der Waals surface area contributed by atoms with Gasteiger partial charge < -0.3 is 15.5 Å². The van der Waals surface area contributed by atoms with Crippen LogP contribution in [0.2, 0.25) is 0 Å². The number of hydrogen-bond acceptors (Lipinski definition) is 9. The van der Waals surface area contributed by atoms with E-state index in [4.69, 9.17) is 9.78 Å². The summed E-state index contributed by atoms with van der Waals surface area (Å²) in [7, 11) is 0. The number of hydrogen-bond donors (Lipinski definition) is 3. The number of rotatable bonds is 7. The second-order valence-electron chi connectivity index (χ2n) is 9.29. The number of benzene rings is 1. The van der Waals surface area contributed by atoms with E-state index in [-0.39, 0.29) is 48.6 Å². The van der Waals surface area contributed by atoms with Crippen molar-refractivity contribution in [2.75, 3.05) is 38.1 Å². The molecule has 5 rings (SSSR count). The molecular weight excluding hydrogens is 458 g/mol. The van der Waals surface area contributed by atoms with Gasteiger partial charge in [-0.25, -0.2) is 4.79 Å². The fourth-order valence-corrected chi connectivity index (χ4v) is 5.44. The average molecular weight is 485 g/mol. The fourth-order valence-electron chi connectivity index (χ4n) is 5.44. The highest BCUT2D eigenvalue weighted by molar-refractivity contribution is 6.25. The minimum absolute atomic E-state index is 0.0196. The highest BCUT2D eigenvalue weighted by Crippen LogP contribution is 2.43. The number of amides is 5. The molecule has 186 valence electrons. The van der Waals surface area contributed by atoms with E-state index in [1.54, 1.807) is 17.0 Å². The van der Waals surface area contributed by atoms with Gasteiger partial charge in [-0.1, -0.05) is 13.0 Å². The molecule has 0 aromatic heterocycles. The Hall–Kier alpha value is -3.51. The maximum Gasteiger partial charge on any atom is 0.441 e. The Kier molecular flexibility index (Phi) is 5.93. The van der Waals surface area contributed by atoms with Crippen LogP contribution in [0.1, 0.15) is 46.9 Å². The Bertz CT molecular complexity index is 1100. The summed E-state index contributed by atoms with van der Waals surface area (Å²) in [6.45, 7) is 4.73. The van der Waals surface area contributed by atoms with Gasteiger partial charge >= 0.3 is 6.09 Å². The molecule has 0 radical (unpaired) electrons. The smallest absolute Gasteiger partial charge is 0.382 e. The van der Waals surface area contributed by atoms with Gasteiger partial charge in [0.25, 0.3) is 11.8 Å². The third-order valence-corrected chi connectivity index (χ3v) is 7.24. The number of likely N-dealkylation sites (tertiary alicyclic amines) is 1. The first kappa shape index (κ1) is 23.2. The van der Waals surface area contributed by atoms with E-state index < -0.39 is 35.8 Å². The predicted molar refractivity (Wildman–Crippen MR) is 120 cm³/mol. The van der Waals surface area contributed by atoms with Crippen molar-refractivity contribution in [2.24, 2.45) is 5.41 Å². The fraction of sp³-hybridized carbons (Fsp3) is 0.522. The molecule has 5 amide bonds. The van der Waals surface area contributed by atoms with E-state index in [0.29, 0.717) is 12.2 Å². The number of anilines is 1. The molecule has 3 saturated heterocycles. The van der Waals surface area contributed by atoms with Gasteiger partial charge in [0.05, 0.1) is 11.1 Å². The lowest BCUT2D eigenvalue weighted by molar-refractivity contribution is -0.254. The highest BCUT2D eigenvalue weighted by Gasteiger charge is 2.57. The summed E-state index contributed by atoms with van der Waals surface area (Å²) in [4.78, 5) is 74.6. The van der Waals surface area contributed by atoms with Gasteiger partial charge in [0, 0.05) is 49.7 Å². The maximum absolute atomic E-state index is 13.1. The maximum atomic E-state index is 13.1. The summed E-state index contributed by atoms with van der Waals surface area (Å²) < 4.78 is 0. The summed E-state index contributed by atoms with van der Waals surface area (Å²) in [5.41, 5.74) is 0.901. The van der Waals surface area contributed by atoms with Crippen molar-refractivity contribution in [1.82, 2.24) is 20.4 Å². The first-order valence-corrected chi connectivity index (χ1v) is 11.8. The molecule has 1 spiro atoms. The normalized spacial score (nSPS) is 24.6. The molecule has 4 heterocycles. The molecule has 35 heavy (non-hydrogen) atoms. The number of carbonyl (C=O) groups is 5. The summed E-state index contributed by atoms with van der Waals surface area (Å²) in [5, 5.41) is 8.46. The van der Waals surface area contributed by atoms with Crippen LogP contribution in [-0.4, -0.2) is 84.4 Å². The van der Waals surface area contributed by atoms with E-state index >= 15 is 0 Å². The van der Waals surface area contributed by atoms with Crippen LogP contribution >= 0.6 is 0 Å². The van der Waals surface area contributed by atoms with Gasteiger partial charge in [-0.2, -0.15) is 4.89 Å². The first-order chi connectivity index (χ1) is 16.9. The zero-order valence-corrected chi connectivity index (χ0v) is 19.3. The van der Waals surface area contributed by atoms with Crippen molar-refractivity contribution in [3.63, 3.8) is 0 Å². The Morgan fingerprint density at radius 2 is 2.00 bits per heavy atom. The number of nitrogens with one attached hydrogen (secondary N) is 3. The summed E-state index contributed by atoms with van der Waals surface area (Å²) >= 11 is 0. The highest BCUT2D eigenvalue weighted by atomic mass is 17.2. The van der Waals surface area contributed by atoms with Crippen molar-refractivity contribution < 1.29 is 33.7 Å². The van der Waals surface area contributed by atoms with Crippen LogP contribution < -0.4 is 16.0 Å². The minimum Gasteiger partial charge on any atom is -0.382 e. The number of carbonyl (C=O) groups excluding carboxylic acids is 5. The minimum atomic E-state index is -1.03. The number of fused-ring (bicyclic) bond motifs is 1. The van der Waals surface area contributed by atoms with Gasteiger partial charge in [0.15, 0.2) is 0 Å². The SMILES string of the molecule is CCC1N(C(=O)OOCCNc2cccc3c2C(=O)N(C2CCC(=O)NC2=O)C3=O)CC12CNC2. The molecule has 4 aliphatic rings. The first-order valence-electron chi connectivity index (χ1n) is 11.8. The van der Waals surface area contributed by atoms with Crippen LogP contribution in [-0.2, 0) is 19.4 Å². The topological polar surface area (TPSA) is 146 Å². The van der Waals surface area contributed by atoms with Gasteiger partial charge in [-0.15, -0.1) is 0 Å². The zero-order chi connectivity index (χ0) is 24.7. The molecule has 3 N–H and O–H groups in total. The largest absolute Gasteiger partial charge is 0.441 e. The summed E-state index contributed by atoms with van der Waals surface area (Å²) in [6.07, 6.45) is 0.473. The van der Waals surface area contributed by atoms with Crippen LogP contribution in [0, 0.1) is 5.41 Å². The monoisotopic (exact) mass is 485 g/mol. The average Bonchev–Trinajstić information content (AvgIpc) is 3.03. The quantitative estimate of drug-likeness (QED) is 0.214. The zero-order valence-electron chi connectivity index (χ0n) is 19.3. The van der Waals surface area contributed by atoms with Crippen LogP contribution in [0.5, 0.6) is 0 Å². The number of nitrogens with zero attached hydrogens (tertiary/aromatic N) is 2. The van der Waals surface area contributed by atoms with E-state index in [2.05, 4.69) is 16.0 Å². The second-order valence-corrected chi connectivity index (χ2v) is 9.29. The molecule has 12 nitrogen and oxygen atoms in total. The van der Waals surface area contributed by atoms with Crippen molar-refractivity contribution in [1.29, 1.82) is 0 Å². The molecule has 3 fully saturated rings. The molecule has 1 aromatic rings. The van der Waals surface area contributed by atoms with Crippen LogP contribution in [0.4, 0.5) is 10.5 Å². The van der Waals surface area contributed by atoms with E-state index in [1.165, 1.54) is 6.07 Å². The Morgan fingerprint density at radius 1 is 1.20 bits per heavy atom. The van der Waals surface area contributed by atoms with Crippen molar-refractivity contribution in [3.8, 4) is 0 Å². The molecule has 0 saturated carbocycles. The molecule has 2 unspecified atom stereocenters. The third kappa shape index (κ3) is 3.82. The van der Waals surface area contributed by atoms with Gasteiger partial charge in [0.2, 0.25) is 11.8 Å². The Balaban J connectivity index is 1.14. The lowest BCUT2D eigenvalue weighted by atomic mass is 9.66. The van der Waals surface area contributed by atoms with E-state index in [0.717, 1.165) is 24.4 Å². The van der Waals surface area contributed by atoms with Gasteiger partial charge in [-0.3, -0.25) is 34.3 Å². The summed E-state index contributed by atoms with van der Waals surface area (Å²) in [6, 6.07) is 3.90. The van der Waals surface area contributed by atoms with Crippen LogP contribution in [0.15, 0.2) is 18.2 Å². The van der Waals surface area contributed by atoms with E-state index in [9.17, 15) is 24.0 Å². The Morgan fingerprint density at radius 3 is 2.69 bits per heavy atom. The molecule has 0 aliphatic carbocycles. The predicted octanol–water partition coefficient (Wildman–Crippen LogP) is 0.252. The van der Waals surface area contributed by atoms with E-state index in [1.807, 2.05) is 6.92 Å². The molecule has 12 heteroatoms. The standard InChI is InChI=1S/C23H27N5O7/c1-2-16-23(10-24-11-23)12-27(16)22(33)35-34-9-8-25-14-5-3-4-13-18(14)21(32)28(20(13)31)15-6-7-17(29)26-19(15)30/h3-5,15-16,24-25H,2,6-12H2,1H3,(H,26,29,30). The van der Waals surface area contributed by atoms with Crippen molar-refractivity contribution >= 4 is 35.4 Å². The molecular formula is C23H27N5O7. The summed E-state index contributed by atoms with van der Waals surface area (Å²) in [5.74, 6) is -2.26. The van der Waals surface area contributed by atoms with Crippen LogP contribution in [0.25, 0.3) is 0 Å². The van der Waals surface area contributed by atoms with Gasteiger partial charge in [0.1, 0.15) is 12.6 Å². The molecule has 4 aliphatic heterocycles. The third-order valence-electron chi connectivity index (χ3n) is 7.24. The number of piperidine rings is 1. The molecule has 2 atom stereocenters. The van der Waals surface area contributed by atoms with Crippen molar-refractivity contribution in [2.45, 2.75) is 38.3 Å².